The Bertz CT molecular complexity index is 1830. The van der Waals surface area contributed by atoms with Crippen molar-refractivity contribution in [3.8, 4) is 17.5 Å². The van der Waals surface area contributed by atoms with E-state index in [-0.39, 0.29) is 54.8 Å². The number of fused-ring (bicyclic) bond motifs is 3. The predicted octanol–water partition coefficient (Wildman–Crippen LogP) is 2.96. The standard InChI is InChI=1S/C27H22F2N10O3/c28-25(29)38-13-18(12-32-38)22-35-23-19-8-4-7-17(11-30)21(19)34-26(39(23)36-22)33-20-14-37(10-9-31-24(20)40)27(41)42-15-16-5-2-1-3-6-16/h1-8,12-13,20,25H,9-10,14-15H2,(H,31,40)(H,33,34)/t20-/m1/s1. The first-order valence-electron chi connectivity index (χ1n) is 12.8. The number of halogens is 2. The lowest BCUT2D eigenvalue weighted by molar-refractivity contribution is -0.121. The molecule has 1 saturated heterocycles. The third-order valence-electron chi connectivity index (χ3n) is 6.65. The first kappa shape index (κ1) is 26.6. The minimum Gasteiger partial charge on any atom is -0.445 e. The van der Waals surface area contributed by atoms with Gasteiger partial charge in [0.25, 0.3) is 0 Å². The van der Waals surface area contributed by atoms with E-state index < -0.39 is 24.6 Å². The monoisotopic (exact) mass is 572 g/mol. The van der Waals surface area contributed by atoms with Gasteiger partial charge in [-0.05, 0) is 17.7 Å². The van der Waals surface area contributed by atoms with Crippen LogP contribution in [0.1, 0.15) is 17.7 Å². The summed E-state index contributed by atoms with van der Waals surface area (Å²) in [7, 11) is 0. The second-order valence-corrected chi connectivity index (χ2v) is 9.38. The number of amides is 2. The van der Waals surface area contributed by atoms with Crippen molar-refractivity contribution in [3.05, 3.63) is 72.1 Å². The molecule has 2 amide bonds. The molecule has 15 heteroatoms. The van der Waals surface area contributed by atoms with E-state index in [1.165, 1.54) is 15.6 Å². The summed E-state index contributed by atoms with van der Waals surface area (Å²) in [6.07, 6.45) is 1.73. The molecule has 2 N–H and O–H groups in total. The van der Waals surface area contributed by atoms with E-state index in [0.717, 1.165) is 11.8 Å². The van der Waals surface area contributed by atoms with Crippen molar-refractivity contribution in [3.63, 3.8) is 0 Å². The Morgan fingerprint density at radius 2 is 2.02 bits per heavy atom. The van der Waals surface area contributed by atoms with E-state index >= 15 is 0 Å². The van der Waals surface area contributed by atoms with Gasteiger partial charge in [-0.2, -0.15) is 23.7 Å². The van der Waals surface area contributed by atoms with Crippen molar-refractivity contribution in [2.45, 2.75) is 19.2 Å². The van der Waals surface area contributed by atoms with Crippen LogP contribution in [0.2, 0.25) is 0 Å². The molecular formula is C27H22F2N10O3. The maximum atomic E-state index is 13.1. The maximum absolute atomic E-state index is 13.1. The highest BCUT2D eigenvalue weighted by Crippen LogP contribution is 2.27. The number of para-hydroxylation sites is 1. The fraction of sp³-hybridized carbons (Fsp3) is 0.222. The Morgan fingerprint density at radius 1 is 1.19 bits per heavy atom. The van der Waals surface area contributed by atoms with Crippen LogP contribution in [0, 0.1) is 11.3 Å². The zero-order valence-electron chi connectivity index (χ0n) is 21.8. The maximum Gasteiger partial charge on any atom is 0.410 e. The van der Waals surface area contributed by atoms with Gasteiger partial charge in [-0.25, -0.2) is 19.4 Å². The predicted molar refractivity (Wildman–Crippen MR) is 144 cm³/mol. The lowest BCUT2D eigenvalue weighted by Crippen LogP contribution is -2.44. The summed E-state index contributed by atoms with van der Waals surface area (Å²) in [6.45, 7) is -2.40. The van der Waals surface area contributed by atoms with Crippen LogP contribution in [0.4, 0.5) is 19.5 Å². The molecule has 0 bridgehead atoms. The average Bonchev–Trinajstić information content (AvgIpc) is 3.64. The lowest BCUT2D eigenvalue weighted by atomic mass is 10.1. The Hall–Kier alpha value is -5.65. The quantitative estimate of drug-likeness (QED) is 0.312. The van der Waals surface area contributed by atoms with Gasteiger partial charge in [-0.1, -0.05) is 36.4 Å². The van der Waals surface area contributed by atoms with Crippen LogP contribution in [0.25, 0.3) is 27.9 Å². The van der Waals surface area contributed by atoms with Gasteiger partial charge < -0.3 is 20.3 Å². The molecule has 0 spiro atoms. The molecule has 42 heavy (non-hydrogen) atoms. The first-order valence-corrected chi connectivity index (χ1v) is 12.8. The van der Waals surface area contributed by atoms with Gasteiger partial charge in [0, 0.05) is 24.7 Å². The van der Waals surface area contributed by atoms with E-state index in [4.69, 9.17) is 4.74 Å². The van der Waals surface area contributed by atoms with Crippen molar-refractivity contribution in [2.24, 2.45) is 0 Å². The number of ether oxygens (including phenoxy) is 1. The van der Waals surface area contributed by atoms with E-state index in [1.54, 1.807) is 18.2 Å². The number of benzene rings is 2. The van der Waals surface area contributed by atoms with Crippen molar-refractivity contribution >= 4 is 34.5 Å². The molecule has 1 aliphatic rings. The van der Waals surface area contributed by atoms with Crippen LogP contribution in [-0.2, 0) is 16.1 Å². The molecule has 0 aliphatic carbocycles. The van der Waals surface area contributed by atoms with Crippen LogP contribution in [0.5, 0.6) is 0 Å². The molecule has 212 valence electrons. The number of anilines is 1. The summed E-state index contributed by atoms with van der Waals surface area (Å²) in [5.74, 6) is -0.256. The minimum atomic E-state index is -2.84. The number of carbonyl (C=O) groups is 2. The number of carbonyl (C=O) groups excluding carboxylic acids is 2. The average molecular weight is 573 g/mol. The number of nitriles is 1. The van der Waals surface area contributed by atoms with Gasteiger partial charge in [-0.3, -0.25) is 4.79 Å². The fourth-order valence-corrected chi connectivity index (χ4v) is 4.57. The summed E-state index contributed by atoms with van der Waals surface area (Å²) in [5.41, 5.74) is 1.87. The van der Waals surface area contributed by atoms with E-state index in [1.807, 2.05) is 30.3 Å². The van der Waals surface area contributed by atoms with Crippen LogP contribution in [0.15, 0.2) is 60.9 Å². The Labute approximate surface area is 236 Å². The third kappa shape index (κ3) is 5.12. The zero-order valence-corrected chi connectivity index (χ0v) is 21.8. The number of nitrogens with zero attached hydrogens (tertiary/aromatic N) is 8. The van der Waals surface area contributed by atoms with Gasteiger partial charge in [0.05, 0.1) is 29.4 Å². The summed E-state index contributed by atoms with van der Waals surface area (Å²) < 4.78 is 33.5. The molecule has 5 aromatic rings. The Balaban J connectivity index is 1.34. The number of aromatic nitrogens is 6. The first-order chi connectivity index (χ1) is 20.4. The highest BCUT2D eigenvalue weighted by atomic mass is 19.3. The highest BCUT2D eigenvalue weighted by Gasteiger charge is 2.30. The summed E-state index contributed by atoms with van der Waals surface area (Å²) in [4.78, 5) is 36.5. The second kappa shape index (κ2) is 11.1. The third-order valence-corrected chi connectivity index (χ3v) is 6.65. The van der Waals surface area contributed by atoms with Crippen LogP contribution >= 0.6 is 0 Å². The zero-order chi connectivity index (χ0) is 29.2. The topological polar surface area (TPSA) is 155 Å². The van der Waals surface area contributed by atoms with E-state index in [2.05, 4.69) is 36.9 Å². The smallest absolute Gasteiger partial charge is 0.410 e. The molecule has 0 unspecified atom stereocenters. The largest absolute Gasteiger partial charge is 0.445 e. The van der Waals surface area contributed by atoms with Crippen LogP contribution < -0.4 is 10.6 Å². The lowest BCUT2D eigenvalue weighted by Gasteiger charge is -2.23. The number of nitrogens with one attached hydrogen (secondary N) is 2. The van der Waals surface area contributed by atoms with Crippen molar-refractivity contribution in [1.29, 1.82) is 5.26 Å². The Morgan fingerprint density at radius 3 is 2.79 bits per heavy atom. The molecule has 2 aromatic carbocycles. The number of alkyl halides is 2. The van der Waals surface area contributed by atoms with E-state index in [0.29, 0.717) is 15.6 Å². The molecule has 1 aliphatic heterocycles. The minimum absolute atomic E-state index is 0.0523. The number of rotatable bonds is 6. The van der Waals surface area contributed by atoms with Crippen LogP contribution in [-0.4, -0.2) is 71.9 Å². The SMILES string of the molecule is N#Cc1cccc2c1nc(N[C@@H]1CN(C(=O)OCc3ccccc3)CCNC1=O)n1nc(-c3cnn(C(F)F)c3)nc21. The molecule has 1 atom stereocenters. The molecular weight excluding hydrogens is 550 g/mol. The summed E-state index contributed by atoms with van der Waals surface area (Å²) in [6, 6.07) is 15.3. The molecule has 0 saturated carbocycles. The normalized spacial score (nSPS) is 15.4. The molecule has 1 fully saturated rings. The summed E-state index contributed by atoms with van der Waals surface area (Å²) in [5, 5.41) is 24.1. The summed E-state index contributed by atoms with van der Waals surface area (Å²) >= 11 is 0. The molecule has 4 heterocycles. The van der Waals surface area contributed by atoms with Gasteiger partial charge in [-0.15, -0.1) is 5.10 Å². The van der Waals surface area contributed by atoms with Crippen molar-refractivity contribution in [1.82, 2.24) is 39.6 Å². The van der Waals surface area contributed by atoms with Crippen LogP contribution in [0.3, 0.4) is 0 Å². The Kier molecular flexibility index (Phi) is 7.01. The van der Waals surface area contributed by atoms with Gasteiger partial charge in [0.2, 0.25) is 11.9 Å². The fourth-order valence-electron chi connectivity index (χ4n) is 4.57. The second-order valence-electron chi connectivity index (χ2n) is 9.38. The molecule has 13 nitrogen and oxygen atoms in total. The molecule has 0 radical (unpaired) electrons. The number of hydrogen-bond acceptors (Lipinski definition) is 9. The number of hydrogen-bond donors (Lipinski definition) is 2. The van der Waals surface area contributed by atoms with Gasteiger partial charge in [0.1, 0.15) is 18.7 Å². The molecule has 6 rings (SSSR count). The van der Waals surface area contributed by atoms with Gasteiger partial charge in [0.15, 0.2) is 11.5 Å². The highest BCUT2D eigenvalue weighted by molar-refractivity contribution is 5.96. The van der Waals surface area contributed by atoms with Gasteiger partial charge >= 0.3 is 12.6 Å². The van der Waals surface area contributed by atoms with Crippen molar-refractivity contribution in [2.75, 3.05) is 25.0 Å². The van der Waals surface area contributed by atoms with E-state index in [9.17, 15) is 23.6 Å². The van der Waals surface area contributed by atoms with Crippen molar-refractivity contribution < 1.29 is 23.1 Å². The molecule has 3 aromatic heterocycles.